The zero-order chi connectivity index (χ0) is 21.5. The van der Waals surface area contributed by atoms with Crippen molar-refractivity contribution in [3.63, 3.8) is 0 Å². The summed E-state index contributed by atoms with van der Waals surface area (Å²) in [5.41, 5.74) is 2.55. The Bertz CT molecular complexity index is 1130. The lowest BCUT2D eigenvalue weighted by Crippen LogP contribution is -2.33. The van der Waals surface area contributed by atoms with Crippen LogP contribution >= 0.6 is 0 Å². The molecule has 4 rings (SSSR count). The Morgan fingerprint density at radius 3 is 2.23 bits per heavy atom. The Labute approximate surface area is 180 Å². The average Bonchev–Trinajstić information content (AvgIpc) is 3.34. The summed E-state index contributed by atoms with van der Waals surface area (Å²) >= 11 is 0. The Hall–Kier alpha value is -3.93. The highest BCUT2D eigenvalue weighted by molar-refractivity contribution is 5.75. The van der Waals surface area contributed by atoms with Crippen molar-refractivity contribution in [2.75, 3.05) is 6.54 Å². The lowest BCUT2D eigenvalue weighted by atomic mass is 9.88. The molecule has 0 unspecified atom stereocenters. The molecule has 4 aromatic rings. The molecule has 156 valence electrons. The van der Waals surface area contributed by atoms with Crippen molar-refractivity contribution in [2.45, 2.75) is 18.9 Å². The van der Waals surface area contributed by atoms with Gasteiger partial charge in [0.05, 0.1) is 12.6 Å². The summed E-state index contributed by atoms with van der Waals surface area (Å²) in [4.78, 5) is 29.0. The van der Waals surface area contributed by atoms with Gasteiger partial charge >= 0.3 is 0 Å². The van der Waals surface area contributed by atoms with Gasteiger partial charge in [-0.25, -0.2) is 4.98 Å². The zero-order valence-corrected chi connectivity index (χ0v) is 17.0. The van der Waals surface area contributed by atoms with Gasteiger partial charge in [0.1, 0.15) is 12.2 Å². The molecule has 0 saturated heterocycles. The van der Waals surface area contributed by atoms with Crippen LogP contribution in [0.4, 0.5) is 0 Å². The van der Waals surface area contributed by atoms with E-state index in [1.165, 1.54) is 34.4 Å². The van der Waals surface area contributed by atoms with Gasteiger partial charge in [-0.3, -0.25) is 14.2 Å². The summed E-state index contributed by atoms with van der Waals surface area (Å²) in [5.74, 6) is 0.468. The van der Waals surface area contributed by atoms with Crippen molar-refractivity contribution in [3.8, 4) is 11.5 Å². The second kappa shape index (κ2) is 9.71. The van der Waals surface area contributed by atoms with Crippen LogP contribution in [-0.2, 0) is 11.3 Å². The summed E-state index contributed by atoms with van der Waals surface area (Å²) in [7, 11) is 0. The molecule has 2 heterocycles. The van der Waals surface area contributed by atoms with E-state index in [2.05, 4.69) is 34.6 Å². The van der Waals surface area contributed by atoms with Crippen molar-refractivity contribution in [2.24, 2.45) is 0 Å². The standard InChI is InChI=1S/C25H23N3O3/c29-24(17-28-18-27-22(16-25(28)30)23-12-7-15-31-23)26-14-13-21(19-8-3-1-4-9-19)20-10-5-2-6-11-20/h1-12,15-16,18,21H,13-14,17H2,(H,26,29). The van der Waals surface area contributed by atoms with E-state index in [1.54, 1.807) is 12.1 Å². The van der Waals surface area contributed by atoms with Crippen LogP contribution < -0.4 is 10.9 Å². The van der Waals surface area contributed by atoms with Crippen LogP contribution in [0.5, 0.6) is 0 Å². The molecule has 1 N–H and O–H groups in total. The third-order valence-corrected chi connectivity index (χ3v) is 5.13. The molecule has 0 atom stereocenters. The van der Waals surface area contributed by atoms with E-state index in [4.69, 9.17) is 4.42 Å². The number of benzene rings is 2. The smallest absolute Gasteiger partial charge is 0.254 e. The zero-order valence-electron chi connectivity index (χ0n) is 17.0. The predicted octanol–water partition coefficient (Wildman–Crippen LogP) is 3.84. The first-order valence-electron chi connectivity index (χ1n) is 10.2. The lowest BCUT2D eigenvalue weighted by Gasteiger charge is -2.18. The molecule has 0 fully saturated rings. The Morgan fingerprint density at radius 2 is 1.65 bits per heavy atom. The van der Waals surface area contributed by atoms with Crippen molar-refractivity contribution < 1.29 is 9.21 Å². The number of nitrogens with one attached hydrogen (secondary N) is 1. The number of carbonyl (C=O) groups is 1. The van der Waals surface area contributed by atoms with Crippen molar-refractivity contribution >= 4 is 5.91 Å². The maximum atomic E-state index is 12.4. The molecule has 1 amide bonds. The number of hydrogen-bond acceptors (Lipinski definition) is 4. The largest absolute Gasteiger partial charge is 0.463 e. The van der Waals surface area contributed by atoms with E-state index >= 15 is 0 Å². The first-order valence-corrected chi connectivity index (χ1v) is 10.2. The summed E-state index contributed by atoms with van der Waals surface area (Å²) in [6, 6.07) is 25.3. The van der Waals surface area contributed by atoms with Crippen molar-refractivity contribution in [1.29, 1.82) is 0 Å². The minimum absolute atomic E-state index is 0.0778. The molecule has 0 aliphatic heterocycles. The number of aromatic nitrogens is 2. The fourth-order valence-corrected chi connectivity index (χ4v) is 3.57. The first kappa shape index (κ1) is 20.3. The molecule has 0 spiro atoms. The SMILES string of the molecule is O=C(Cn1cnc(-c2ccco2)cc1=O)NCCC(c1ccccc1)c1ccccc1. The van der Waals surface area contributed by atoms with Crippen LogP contribution in [0.25, 0.3) is 11.5 Å². The maximum absolute atomic E-state index is 12.4. The van der Waals surface area contributed by atoms with Crippen molar-refractivity contribution in [1.82, 2.24) is 14.9 Å². The summed E-state index contributed by atoms with van der Waals surface area (Å²) in [6.07, 6.45) is 3.65. The van der Waals surface area contributed by atoms with Crippen LogP contribution in [0, 0.1) is 0 Å². The van der Waals surface area contributed by atoms with Gasteiger partial charge < -0.3 is 9.73 Å². The molecule has 0 saturated carbocycles. The third kappa shape index (κ3) is 5.17. The monoisotopic (exact) mass is 413 g/mol. The summed E-state index contributed by atoms with van der Waals surface area (Å²) in [6.45, 7) is 0.422. The molecule has 31 heavy (non-hydrogen) atoms. The summed E-state index contributed by atoms with van der Waals surface area (Å²) < 4.78 is 6.54. The Balaban J connectivity index is 1.37. The summed E-state index contributed by atoms with van der Waals surface area (Å²) in [5, 5.41) is 2.93. The van der Waals surface area contributed by atoms with Crippen molar-refractivity contribution in [3.05, 3.63) is 113 Å². The van der Waals surface area contributed by atoms with Gasteiger partial charge in [-0.15, -0.1) is 0 Å². The number of nitrogens with zero attached hydrogens (tertiary/aromatic N) is 2. The molecular formula is C25H23N3O3. The van der Waals surface area contributed by atoms with E-state index < -0.39 is 0 Å². The predicted molar refractivity (Wildman–Crippen MR) is 119 cm³/mol. The van der Waals surface area contributed by atoms with E-state index in [1.807, 2.05) is 36.4 Å². The van der Waals surface area contributed by atoms with E-state index in [-0.39, 0.29) is 23.9 Å². The molecule has 0 radical (unpaired) electrons. The third-order valence-electron chi connectivity index (χ3n) is 5.13. The molecule has 0 aliphatic carbocycles. The molecule has 2 aromatic carbocycles. The first-order chi connectivity index (χ1) is 15.2. The number of carbonyl (C=O) groups excluding carboxylic acids is 1. The fraction of sp³-hybridized carbons (Fsp3) is 0.160. The molecule has 6 heteroatoms. The lowest BCUT2D eigenvalue weighted by molar-refractivity contribution is -0.121. The minimum atomic E-state index is -0.303. The second-order valence-corrected chi connectivity index (χ2v) is 7.23. The van der Waals surface area contributed by atoms with E-state index in [9.17, 15) is 9.59 Å². The number of amides is 1. The molecule has 2 aromatic heterocycles. The second-order valence-electron chi connectivity index (χ2n) is 7.23. The van der Waals surface area contributed by atoms with Crippen LogP contribution in [-0.4, -0.2) is 22.0 Å². The van der Waals surface area contributed by atoms with Crippen LogP contribution in [0.3, 0.4) is 0 Å². The minimum Gasteiger partial charge on any atom is -0.463 e. The topological polar surface area (TPSA) is 77.1 Å². The highest BCUT2D eigenvalue weighted by Crippen LogP contribution is 2.27. The Morgan fingerprint density at radius 1 is 0.968 bits per heavy atom. The fourth-order valence-electron chi connectivity index (χ4n) is 3.57. The van der Waals surface area contributed by atoms with Crippen LogP contribution in [0.15, 0.2) is 101 Å². The van der Waals surface area contributed by atoms with Gasteiger partial charge in [0.15, 0.2) is 5.76 Å². The van der Waals surface area contributed by atoms with E-state index in [0.717, 1.165) is 6.42 Å². The highest BCUT2D eigenvalue weighted by Gasteiger charge is 2.14. The van der Waals surface area contributed by atoms with Gasteiger partial charge in [0.2, 0.25) is 5.91 Å². The number of rotatable bonds is 8. The quantitative estimate of drug-likeness (QED) is 0.476. The molecule has 0 bridgehead atoms. The van der Waals surface area contributed by atoms with Gasteiger partial charge in [0, 0.05) is 18.5 Å². The average molecular weight is 413 g/mol. The maximum Gasteiger partial charge on any atom is 0.254 e. The van der Waals surface area contributed by atoms with Gasteiger partial charge in [-0.05, 0) is 29.7 Å². The van der Waals surface area contributed by atoms with Gasteiger partial charge in [-0.1, -0.05) is 60.7 Å². The normalized spacial score (nSPS) is 10.9. The number of hydrogen-bond donors (Lipinski definition) is 1. The molecule has 0 aliphatic rings. The number of furan rings is 1. The molecule has 6 nitrogen and oxygen atoms in total. The van der Waals surface area contributed by atoms with Crippen LogP contribution in [0.1, 0.15) is 23.5 Å². The van der Waals surface area contributed by atoms with Gasteiger partial charge in [0.25, 0.3) is 5.56 Å². The molecular weight excluding hydrogens is 390 g/mol. The van der Waals surface area contributed by atoms with Crippen LogP contribution in [0.2, 0.25) is 0 Å². The highest BCUT2D eigenvalue weighted by atomic mass is 16.3. The van der Waals surface area contributed by atoms with E-state index in [0.29, 0.717) is 18.0 Å². The Kier molecular flexibility index (Phi) is 6.38. The van der Waals surface area contributed by atoms with Gasteiger partial charge in [-0.2, -0.15) is 0 Å².